The third-order valence-electron chi connectivity index (χ3n) is 2.81. The van der Waals surface area contributed by atoms with Crippen molar-refractivity contribution in [2.75, 3.05) is 0 Å². The molecule has 88 valence electrons. The molecule has 2 aromatic carbocycles. The van der Waals surface area contributed by atoms with E-state index in [9.17, 15) is 0 Å². The average Bonchev–Trinajstić information content (AvgIpc) is 2.91. The average molecular weight is 255 g/mol. The van der Waals surface area contributed by atoms with Gasteiger partial charge in [0.15, 0.2) is 0 Å². The highest BCUT2D eigenvalue weighted by molar-refractivity contribution is 6.50. The first kappa shape index (κ1) is 11.1. The van der Waals surface area contributed by atoms with Gasteiger partial charge >= 0.3 is 0 Å². The quantitative estimate of drug-likeness (QED) is 0.669. The van der Waals surface area contributed by atoms with Gasteiger partial charge in [-0.1, -0.05) is 48.0 Å². The molecular formula is C15H11ClN2. The van der Waals surface area contributed by atoms with Gasteiger partial charge in [-0.3, -0.25) is 0 Å². The molecule has 0 aliphatic rings. The Morgan fingerprint density at radius 2 is 1.94 bits per heavy atom. The Hall–Kier alpha value is -2.06. The Morgan fingerprint density at radius 3 is 2.72 bits per heavy atom. The molecule has 1 aromatic heterocycles. The monoisotopic (exact) mass is 254 g/mol. The molecule has 3 heteroatoms. The highest BCUT2D eigenvalue weighted by atomic mass is 35.5. The Balaban J connectivity index is 2.04. The van der Waals surface area contributed by atoms with E-state index in [4.69, 9.17) is 11.6 Å². The van der Waals surface area contributed by atoms with Crippen LogP contribution >= 0.6 is 11.6 Å². The van der Waals surface area contributed by atoms with Crippen molar-refractivity contribution in [2.45, 2.75) is 0 Å². The first-order chi connectivity index (χ1) is 8.83. The van der Waals surface area contributed by atoms with Crippen molar-refractivity contribution in [1.29, 1.82) is 0 Å². The molecule has 3 aromatic rings. The van der Waals surface area contributed by atoms with Gasteiger partial charge in [0.05, 0.1) is 11.4 Å². The lowest BCUT2D eigenvalue weighted by Crippen LogP contribution is -1.83. The van der Waals surface area contributed by atoms with Crippen LogP contribution in [-0.4, -0.2) is 9.55 Å². The van der Waals surface area contributed by atoms with Crippen LogP contribution in [0.1, 0.15) is 5.56 Å². The molecule has 0 unspecified atom stereocenters. The lowest BCUT2D eigenvalue weighted by molar-refractivity contribution is 1.14. The van der Waals surface area contributed by atoms with Crippen molar-refractivity contribution in [3.8, 4) is 0 Å². The minimum absolute atomic E-state index is 0.693. The summed E-state index contributed by atoms with van der Waals surface area (Å²) in [6, 6.07) is 14.4. The summed E-state index contributed by atoms with van der Waals surface area (Å²) in [7, 11) is 0. The number of fused-ring (bicyclic) bond motifs is 1. The van der Waals surface area contributed by atoms with Gasteiger partial charge in [-0.25, -0.2) is 4.98 Å². The van der Waals surface area contributed by atoms with Crippen LogP contribution in [0.15, 0.2) is 61.2 Å². The summed E-state index contributed by atoms with van der Waals surface area (Å²) >= 11 is 6.31. The molecule has 0 spiro atoms. The van der Waals surface area contributed by atoms with E-state index in [1.807, 2.05) is 35.2 Å². The third-order valence-corrected chi connectivity index (χ3v) is 3.13. The molecular weight excluding hydrogens is 244 g/mol. The Kier molecular flexibility index (Phi) is 2.87. The van der Waals surface area contributed by atoms with Gasteiger partial charge in [0.2, 0.25) is 0 Å². The van der Waals surface area contributed by atoms with Gasteiger partial charge in [0.1, 0.15) is 0 Å². The second-order valence-electron chi connectivity index (χ2n) is 4.05. The van der Waals surface area contributed by atoms with Crippen LogP contribution in [0.25, 0.3) is 22.0 Å². The Labute approximate surface area is 110 Å². The summed E-state index contributed by atoms with van der Waals surface area (Å²) in [5.41, 5.74) is 1.00. The van der Waals surface area contributed by atoms with Crippen molar-refractivity contribution >= 4 is 33.6 Å². The minimum atomic E-state index is 0.693. The highest BCUT2D eigenvalue weighted by Gasteiger charge is 2.00. The number of hydrogen-bond donors (Lipinski definition) is 0. The number of hydrogen-bond acceptors (Lipinski definition) is 1. The van der Waals surface area contributed by atoms with Gasteiger partial charge in [-0.2, -0.15) is 0 Å². The maximum atomic E-state index is 6.31. The van der Waals surface area contributed by atoms with E-state index >= 15 is 0 Å². The number of rotatable bonds is 2. The van der Waals surface area contributed by atoms with E-state index in [0.717, 1.165) is 5.56 Å². The SMILES string of the molecule is ClC(=Cn1ccnc1)c1ccc2ccccc2c1. The van der Waals surface area contributed by atoms with Gasteiger partial charge in [-0.05, 0) is 22.4 Å². The highest BCUT2D eigenvalue weighted by Crippen LogP contribution is 2.24. The van der Waals surface area contributed by atoms with Gasteiger partial charge in [-0.15, -0.1) is 0 Å². The molecule has 3 rings (SSSR count). The minimum Gasteiger partial charge on any atom is -0.312 e. The fourth-order valence-corrected chi connectivity index (χ4v) is 2.12. The molecule has 0 aliphatic carbocycles. The van der Waals surface area contributed by atoms with Gasteiger partial charge < -0.3 is 4.57 Å². The van der Waals surface area contributed by atoms with Crippen molar-refractivity contribution in [3.63, 3.8) is 0 Å². The van der Waals surface area contributed by atoms with Crippen LogP contribution in [0, 0.1) is 0 Å². The van der Waals surface area contributed by atoms with Crippen LogP contribution in [0.4, 0.5) is 0 Å². The first-order valence-corrected chi connectivity index (χ1v) is 6.05. The topological polar surface area (TPSA) is 17.8 Å². The molecule has 0 saturated heterocycles. The van der Waals surface area contributed by atoms with E-state index in [1.165, 1.54) is 10.8 Å². The van der Waals surface area contributed by atoms with E-state index < -0.39 is 0 Å². The molecule has 0 amide bonds. The number of imidazole rings is 1. The molecule has 18 heavy (non-hydrogen) atoms. The Morgan fingerprint density at radius 1 is 1.11 bits per heavy atom. The first-order valence-electron chi connectivity index (χ1n) is 5.67. The number of nitrogens with zero attached hydrogens (tertiary/aromatic N) is 2. The van der Waals surface area contributed by atoms with Crippen molar-refractivity contribution < 1.29 is 0 Å². The van der Waals surface area contributed by atoms with Crippen molar-refractivity contribution in [2.24, 2.45) is 0 Å². The molecule has 0 fully saturated rings. The number of benzene rings is 2. The zero-order chi connectivity index (χ0) is 12.4. The Bertz CT molecular complexity index is 699. The van der Waals surface area contributed by atoms with Crippen LogP contribution < -0.4 is 0 Å². The number of halogens is 1. The van der Waals surface area contributed by atoms with Crippen LogP contribution in [0.5, 0.6) is 0 Å². The molecule has 0 saturated carbocycles. The largest absolute Gasteiger partial charge is 0.312 e. The summed E-state index contributed by atoms with van der Waals surface area (Å²) in [5, 5.41) is 3.10. The molecule has 0 aliphatic heterocycles. The fourth-order valence-electron chi connectivity index (χ4n) is 1.89. The second kappa shape index (κ2) is 4.67. The lowest BCUT2D eigenvalue weighted by atomic mass is 10.1. The zero-order valence-electron chi connectivity index (χ0n) is 9.62. The van der Waals surface area contributed by atoms with Gasteiger partial charge in [0.25, 0.3) is 0 Å². The summed E-state index contributed by atoms with van der Waals surface area (Å²) in [4.78, 5) is 3.98. The van der Waals surface area contributed by atoms with Crippen LogP contribution in [0.2, 0.25) is 0 Å². The van der Waals surface area contributed by atoms with Crippen molar-refractivity contribution in [3.05, 3.63) is 66.7 Å². The van der Waals surface area contributed by atoms with Crippen molar-refractivity contribution in [1.82, 2.24) is 9.55 Å². The maximum Gasteiger partial charge on any atom is 0.0987 e. The van der Waals surface area contributed by atoms with E-state index in [0.29, 0.717) is 5.03 Å². The second-order valence-corrected chi connectivity index (χ2v) is 4.46. The summed E-state index contributed by atoms with van der Waals surface area (Å²) in [5.74, 6) is 0. The predicted molar refractivity (Wildman–Crippen MR) is 76.2 cm³/mol. The molecule has 0 atom stereocenters. The maximum absolute atomic E-state index is 6.31. The molecule has 0 radical (unpaired) electrons. The van der Waals surface area contributed by atoms with E-state index in [2.05, 4.69) is 29.2 Å². The third kappa shape index (κ3) is 2.15. The van der Waals surface area contributed by atoms with Crippen LogP contribution in [0.3, 0.4) is 0 Å². The van der Waals surface area contributed by atoms with Gasteiger partial charge in [0, 0.05) is 18.6 Å². The smallest absolute Gasteiger partial charge is 0.0987 e. The summed E-state index contributed by atoms with van der Waals surface area (Å²) in [6.07, 6.45) is 7.13. The van der Waals surface area contributed by atoms with Crippen LogP contribution in [-0.2, 0) is 0 Å². The zero-order valence-corrected chi connectivity index (χ0v) is 10.4. The standard InChI is InChI=1S/C15H11ClN2/c16-15(10-18-8-7-17-11-18)14-6-5-12-3-1-2-4-13(12)9-14/h1-11H. The van der Waals surface area contributed by atoms with E-state index in [1.54, 1.807) is 12.5 Å². The molecule has 1 heterocycles. The number of aromatic nitrogens is 2. The lowest BCUT2D eigenvalue weighted by Gasteiger charge is -2.03. The molecule has 2 nitrogen and oxygen atoms in total. The normalized spacial score (nSPS) is 11.9. The summed E-state index contributed by atoms with van der Waals surface area (Å²) < 4.78 is 1.83. The fraction of sp³-hybridized carbons (Fsp3) is 0. The van der Waals surface area contributed by atoms with E-state index in [-0.39, 0.29) is 0 Å². The molecule has 0 N–H and O–H groups in total. The molecule has 0 bridgehead atoms. The predicted octanol–water partition coefficient (Wildman–Crippen LogP) is 4.23. The summed E-state index contributed by atoms with van der Waals surface area (Å²) in [6.45, 7) is 0.